The molecule has 5 heteroatoms. The molecule has 2 nitrogen and oxygen atoms in total. The second-order valence-corrected chi connectivity index (χ2v) is 5.25. The van der Waals surface area contributed by atoms with Crippen molar-refractivity contribution in [3.63, 3.8) is 0 Å². The van der Waals surface area contributed by atoms with Crippen molar-refractivity contribution in [3.05, 3.63) is 50.5 Å². The third-order valence-electron chi connectivity index (χ3n) is 1.91. The fraction of sp³-hybridized carbons (Fsp3) is 0. The summed E-state index contributed by atoms with van der Waals surface area (Å²) < 4.78 is 1.98. The molecule has 82 valence electrons. The Morgan fingerprint density at radius 3 is 2.62 bits per heavy atom. The lowest BCUT2D eigenvalue weighted by Gasteiger charge is -2.08. The number of nitrogens with one attached hydrogen (secondary N) is 1. The van der Waals surface area contributed by atoms with Crippen LogP contribution in [-0.4, -0.2) is 4.98 Å². The molecule has 1 aromatic carbocycles. The number of benzene rings is 1. The van der Waals surface area contributed by atoms with Gasteiger partial charge >= 0.3 is 0 Å². The Labute approximate surface area is 115 Å². The first kappa shape index (κ1) is 11.9. The number of halogens is 3. The molecule has 0 spiro atoms. The van der Waals surface area contributed by atoms with Gasteiger partial charge in [0.2, 0.25) is 0 Å². The number of hydrogen-bond acceptors (Lipinski definition) is 2. The molecule has 16 heavy (non-hydrogen) atoms. The van der Waals surface area contributed by atoms with E-state index in [0.29, 0.717) is 5.15 Å². The molecule has 0 bridgehead atoms. The van der Waals surface area contributed by atoms with Gasteiger partial charge in [-0.15, -0.1) is 0 Å². The van der Waals surface area contributed by atoms with Crippen LogP contribution in [-0.2, 0) is 0 Å². The van der Waals surface area contributed by atoms with Crippen molar-refractivity contribution in [2.45, 2.75) is 0 Å². The molecule has 0 aliphatic heterocycles. The van der Waals surface area contributed by atoms with E-state index in [9.17, 15) is 0 Å². The fourth-order valence-electron chi connectivity index (χ4n) is 1.21. The molecular weight excluding hydrogens is 355 g/mol. The Bertz CT molecular complexity index is 517. The minimum Gasteiger partial charge on any atom is -0.339 e. The van der Waals surface area contributed by atoms with Gasteiger partial charge in [0.05, 0.1) is 5.69 Å². The second kappa shape index (κ2) is 5.17. The van der Waals surface area contributed by atoms with E-state index < -0.39 is 0 Å². The molecule has 0 aliphatic rings. The van der Waals surface area contributed by atoms with Crippen molar-refractivity contribution in [2.24, 2.45) is 0 Å². The average molecular weight is 362 g/mol. The van der Waals surface area contributed by atoms with Crippen molar-refractivity contribution in [1.82, 2.24) is 4.98 Å². The second-order valence-electron chi connectivity index (χ2n) is 3.09. The number of nitrogens with zero attached hydrogens (tertiary/aromatic N) is 1. The monoisotopic (exact) mass is 360 g/mol. The van der Waals surface area contributed by atoms with Gasteiger partial charge in [-0.3, -0.25) is 0 Å². The molecule has 1 N–H and O–H groups in total. The van der Waals surface area contributed by atoms with E-state index in [1.54, 1.807) is 6.07 Å². The first-order valence-corrected chi connectivity index (χ1v) is 6.46. The van der Waals surface area contributed by atoms with Gasteiger partial charge in [0.25, 0.3) is 0 Å². The lowest BCUT2D eigenvalue weighted by atomic mass is 10.3. The van der Waals surface area contributed by atoms with Crippen LogP contribution >= 0.6 is 43.5 Å². The third kappa shape index (κ3) is 2.97. The molecule has 2 aromatic rings. The van der Waals surface area contributed by atoms with E-state index >= 15 is 0 Å². The fourth-order valence-corrected chi connectivity index (χ4v) is 2.52. The highest BCUT2D eigenvalue weighted by molar-refractivity contribution is 9.11. The van der Waals surface area contributed by atoms with Gasteiger partial charge in [-0.25, -0.2) is 4.98 Å². The van der Waals surface area contributed by atoms with E-state index in [1.165, 1.54) is 0 Å². The van der Waals surface area contributed by atoms with E-state index in [2.05, 4.69) is 42.2 Å². The molecular formula is C11H7Br2ClN2. The van der Waals surface area contributed by atoms with Crippen molar-refractivity contribution >= 4 is 55.0 Å². The van der Waals surface area contributed by atoms with Gasteiger partial charge in [0.1, 0.15) is 11.0 Å². The van der Waals surface area contributed by atoms with Gasteiger partial charge in [-0.05, 0) is 46.3 Å². The van der Waals surface area contributed by atoms with Crippen molar-refractivity contribution in [1.29, 1.82) is 0 Å². The van der Waals surface area contributed by atoms with Crippen molar-refractivity contribution in [2.75, 3.05) is 5.32 Å². The van der Waals surface area contributed by atoms with Gasteiger partial charge in [0, 0.05) is 8.95 Å². The standard InChI is InChI=1S/C11H7Br2ClN2/c12-7-4-5-9(8(13)6-7)15-11-3-1-2-10(14)16-11/h1-6H,(H,15,16). The Morgan fingerprint density at radius 1 is 1.12 bits per heavy atom. The number of pyridine rings is 1. The van der Waals surface area contributed by atoms with Crippen LogP contribution in [0.15, 0.2) is 45.3 Å². The largest absolute Gasteiger partial charge is 0.339 e. The minimum atomic E-state index is 0.471. The highest BCUT2D eigenvalue weighted by atomic mass is 79.9. The minimum absolute atomic E-state index is 0.471. The van der Waals surface area contributed by atoms with Crippen LogP contribution in [0, 0.1) is 0 Å². The summed E-state index contributed by atoms with van der Waals surface area (Å²) in [6.07, 6.45) is 0. The Hall–Kier alpha value is -0.580. The predicted octanol–water partition coefficient (Wildman–Crippen LogP) is 5.00. The molecule has 0 atom stereocenters. The molecule has 0 saturated carbocycles. The quantitative estimate of drug-likeness (QED) is 0.760. The van der Waals surface area contributed by atoms with Gasteiger partial charge < -0.3 is 5.32 Å². The average Bonchev–Trinajstić information content (AvgIpc) is 2.22. The van der Waals surface area contributed by atoms with Gasteiger partial charge in [0.15, 0.2) is 0 Å². The third-order valence-corrected chi connectivity index (χ3v) is 3.27. The predicted molar refractivity (Wildman–Crippen MR) is 74.4 cm³/mol. The normalized spacial score (nSPS) is 10.2. The van der Waals surface area contributed by atoms with Gasteiger partial charge in [-0.1, -0.05) is 33.6 Å². The SMILES string of the molecule is Clc1cccc(Nc2ccc(Br)cc2Br)n1. The zero-order chi connectivity index (χ0) is 11.5. The van der Waals surface area contributed by atoms with Crippen molar-refractivity contribution < 1.29 is 0 Å². The summed E-state index contributed by atoms with van der Waals surface area (Å²) in [5.74, 6) is 0.718. The molecule has 1 heterocycles. The van der Waals surface area contributed by atoms with Crippen LogP contribution in [0.3, 0.4) is 0 Å². The van der Waals surface area contributed by atoms with Crippen LogP contribution in [0.2, 0.25) is 5.15 Å². The molecule has 2 rings (SSSR count). The maximum atomic E-state index is 5.81. The number of rotatable bonds is 2. The van der Waals surface area contributed by atoms with Crippen LogP contribution in [0.5, 0.6) is 0 Å². The lowest BCUT2D eigenvalue weighted by molar-refractivity contribution is 1.30. The molecule has 0 aliphatic carbocycles. The van der Waals surface area contributed by atoms with Gasteiger partial charge in [-0.2, -0.15) is 0 Å². The summed E-state index contributed by atoms with van der Waals surface area (Å²) >= 11 is 12.7. The molecule has 1 aromatic heterocycles. The molecule has 0 radical (unpaired) electrons. The molecule has 0 amide bonds. The Balaban J connectivity index is 2.27. The molecule has 0 unspecified atom stereocenters. The first-order valence-electron chi connectivity index (χ1n) is 4.50. The number of anilines is 2. The van der Waals surface area contributed by atoms with Crippen LogP contribution in [0.1, 0.15) is 0 Å². The maximum absolute atomic E-state index is 5.81. The Kier molecular flexibility index (Phi) is 3.84. The number of hydrogen-bond donors (Lipinski definition) is 1. The lowest BCUT2D eigenvalue weighted by Crippen LogP contribution is -1.94. The number of aromatic nitrogens is 1. The van der Waals surface area contributed by atoms with E-state index in [4.69, 9.17) is 11.6 Å². The summed E-state index contributed by atoms with van der Waals surface area (Å²) in [6, 6.07) is 11.3. The van der Waals surface area contributed by atoms with Crippen LogP contribution in [0.25, 0.3) is 0 Å². The zero-order valence-corrected chi connectivity index (χ0v) is 12.0. The van der Waals surface area contributed by atoms with E-state index in [-0.39, 0.29) is 0 Å². The molecule has 0 fully saturated rings. The Morgan fingerprint density at radius 2 is 1.94 bits per heavy atom. The first-order chi connectivity index (χ1) is 7.65. The summed E-state index contributed by atoms with van der Waals surface area (Å²) in [6.45, 7) is 0. The van der Waals surface area contributed by atoms with Crippen molar-refractivity contribution in [3.8, 4) is 0 Å². The highest BCUT2D eigenvalue weighted by Gasteiger charge is 2.02. The summed E-state index contributed by atoms with van der Waals surface area (Å²) in [5.41, 5.74) is 0.943. The van der Waals surface area contributed by atoms with Crippen LogP contribution in [0.4, 0.5) is 11.5 Å². The highest BCUT2D eigenvalue weighted by Crippen LogP contribution is 2.28. The maximum Gasteiger partial charge on any atom is 0.132 e. The van der Waals surface area contributed by atoms with E-state index in [1.807, 2.05) is 30.3 Å². The summed E-state index contributed by atoms with van der Waals surface area (Å²) in [5, 5.41) is 3.65. The summed E-state index contributed by atoms with van der Waals surface area (Å²) in [4.78, 5) is 4.15. The zero-order valence-electron chi connectivity index (χ0n) is 8.05. The van der Waals surface area contributed by atoms with Crippen LogP contribution < -0.4 is 5.32 Å². The smallest absolute Gasteiger partial charge is 0.132 e. The summed E-state index contributed by atoms with van der Waals surface area (Å²) in [7, 11) is 0. The molecule has 0 saturated heterocycles. The van der Waals surface area contributed by atoms with E-state index in [0.717, 1.165) is 20.5 Å². The topological polar surface area (TPSA) is 24.9 Å².